The number of hydrogen-bond donors (Lipinski definition) is 1. The summed E-state index contributed by atoms with van der Waals surface area (Å²) < 4.78 is 5.54. The molecule has 1 aliphatic carbocycles. The van der Waals surface area contributed by atoms with Crippen LogP contribution in [0.2, 0.25) is 0 Å². The first kappa shape index (κ1) is 11.3. The Bertz CT molecular complexity index is 581. The molecule has 1 saturated carbocycles. The maximum atomic E-state index is 11.8. The Morgan fingerprint density at radius 2 is 2.28 bits per heavy atom. The first-order valence-corrected chi connectivity index (χ1v) is 6.60. The van der Waals surface area contributed by atoms with Gasteiger partial charge in [-0.3, -0.25) is 4.79 Å². The largest absolute Gasteiger partial charge is 0.426 e. The number of fused-ring (bicyclic) bond motifs is 1. The number of hydrogen-bond acceptors (Lipinski definition) is 2. The van der Waals surface area contributed by atoms with Crippen LogP contribution < -0.4 is 4.74 Å². The minimum Gasteiger partial charge on any atom is -0.426 e. The van der Waals surface area contributed by atoms with Crippen LogP contribution in [0.1, 0.15) is 31.7 Å². The molecule has 0 saturated heterocycles. The molecule has 0 spiro atoms. The summed E-state index contributed by atoms with van der Waals surface area (Å²) in [7, 11) is 0. The molecule has 2 aromatic rings. The Morgan fingerprint density at radius 3 is 3.00 bits per heavy atom. The number of ether oxygens (including phenoxy) is 1. The van der Waals surface area contributed by atoms with Crippen LogP contribution in [0.4, 0.5) is 0 Å². The number of H-pyrrole nitrogens is 1. The van der Waals surface area contributed by atoms with E-state index in [-0.39, 0.29) is 11.9 Å². The van der Waals surface area contributed by atoms with Crippen molar-refractivity contribution in [1.29, 1.82) is 0 Å². The number of nitrogens with one attached hydrogen (secondary N) is 1. The van der Waals surface area contributed by atoms with E-state index in [9.17, 15) is 4.79 Å². The van der Waals surface area contributed by atoms with Crippen LogP contribution in [0.15, 0.2) is 24.4 Å². The van der Waals surface area contributed by atoms with E-state index < -0.39 is 0 Å². The SMILES string of the molecule is CCCc1c[nH]c2cccc(OC(=O)C3CC3)c12. The number of esters is 1. The summed E-state index contributed by atoms with van der Waals surface area (Å²) >= 11 is 0. The molecule has 94 valence electrons. The zero-order valence-corrected chi connectivity index (χ0v) is 10.5. The van der Waals surface area contributed by atoms with Crippen molar-refractivity contribution in [3.05, 3.63) is 30.0 Å². The predicted octanol–water partition coefficient (Wildman–Crippen LogP) is 3.44. The van der Waals surface area contributed by atoms with Gasteiger partial charge in [-0.2, -0.15) is 0 Å². The minimum atomic E-state index is -0.0776. The summed E-state index contributed by atoms with van der Waals surface area (Å²) in [6, 6.07) is 5.82. The second-order valence-electron chi connectivity index (χ2n) is 4.94. The average Bonchev–Trinajstić information content (AvgIpc) is 3.13. The monoisotopic (exact) mass is 243 g/mol. The molecule has 1 aromatic heterocycles. The molecule has 1 heterocycles. The minimum absolute atomic E-state index is 0.0776. The molecular formula is C15H17NO2. The molecule has 3 nitrogen and oxygen atoms in total. The molecule has 0 atom stereocenters. The Hall–Kier alpha value is -1.77. The fourth-order valence-corrected chi connectivity index (χ4v) is 2.28. The Balaban J connectivity index is 1.98. The summed E-state index contributed by atoms with van der Waals surface area (Å²) in [6.07, 6.45) is 6.05. The molecule has 3 rings (SSSR count). The lowest BCUT2D eigenvalue weighted by Crippen LogP contribution is -2.10. The maximum Gasteiger partial charge on any atom is 0.314 e. The van der Waals surface area contributed by atoms with E-state index in [4.69, 9.17) is 4.74 Å². The van der Waals surface area contributed by atoms with Crippen molar-refractivity contribution in [1.82, 2.24) is 4.98 Å². The van der Waals surface area contributed by atoms with Crippen LogP contribution in [-0.2, 0) is 11.2 Å². The molecule has 18 heavy (non-hydrogen) atoms. The van der Waals surface area contributed by atoms with Crippen LogP contribution in [0.3, 0.4) is 0 Å². The third kappa shape index (κ3) is 2.01. The zero-order chi connectivity index (χ0) is 12.5. The van der Waals surface area contributed by atoms with Gasteiger partial charge < -0.3 is 9.72 Å². The summed E-state index contributed by atoms with van der Waals surface area (Å²) in [5, 5.41) is 1.06. The number of carbonyl (C=O) groups is 1. The van der Waals surface area contributed by atoms with Crippen molar-refractivity contribution < 1.29 is 9.53 Å². The van der Waals surface area contributed by atoms with Crippen LogP contribution >= 0.6 is 0 Å². The van der Waals surface area contributed by atoms with Gasteiger partial charge in [-0.05, 0) is 37.0 Å². The van der Waals surface area contributed by atoms with E-state index >= 15 is 0 Å². The van der Waals surface area contributed by atoms with Crippen LogP contribution in [0, 0.1) is 5.92 Å². The molecule has 3 heteroatoms. The first-order valence-electron chi connectivity index (χ1n) is 6.60. The van der Waals surface area contributed by atoms with Gasteiger partial charge in [0.2, 0.25) is 0 Å². The van der Waals surface area contributed by atoms with E-state index in [0.29, 0.717) is 5.75 Å². The van der Waals surface area contributed by atoms with Crippen LogP contribution in [0.5, 0.6) is 5.75 Å². The fraction of sp³-hybridized carbons (Fsp3) is 0.400. The number of aryl methyl sites for hydroxylation is 1. The van der Waals surface area contributed by atoms with Crippen LogP contribution in [-0.4, -0.2) is 11.0 Å². The van der Waals surface area contributed by atoms with Crippen molar-refractivity contribution in [3.63, 3.8) is 0 Å². The molecule has 0 radical (unpaired) electrons. The van der Waals surface area contributed by atoms with Crippen molar-refractivity contribution in [2.75, 3.05) is 0 Å². The van der Waals surface area contributed by atoms with Gasteiger partial charge in [-0.1, -0.05) is 19.4 Å². The van der Waals surface area contributed by atoms with Gasteiger partial charge in [0.05, 0.1) is 5.92 Å². The van der Waals surface area contributed by atoms with E-state index in [0.717, 1.165) is 36.6 Å². The van der Waals surface area contributed by atoms with Gasteiger partial charge >= 0.3 is 5.97 Å². The lowest BCUT2D eigenvalue weighted by molar-refractivity contribution is -0.135. The lowest BCUT2D eigenvalue weighted by atomic mass is 10.1. The highest BCUT2D eigenvalue weighted by Gasteiger charge is 2.32. The van der Waals surface area contributed by atoms with Crippen molar-refractivity contribution in [2.45, 2.75) is 32.6 Å². The van der Waals surface area contributed by atoms with E-state index in [2.05, 4.69) is 11.9 Å². The van der Waals surface area contributed by atoms with Crippen LogP contribution in [0.25, 0.3) is 10.9 Å². The normalized spacial score (nSPS) is 14.9. The van der Waals surface area contributed by atoms with Gasteiger partial charge in [0, 0.05) is 17.1 Å². The second-order valence-corrected chi connectivity index (χ2v) is 4.94. The van der Waals surface area contributed by atoms with Crippen molar-refractivity contribution in [2.24, 2.45) is 5.92 Å². The topological polar surface area (TPSA) is 42.1 Å². The summed E-state index contributed by atoms with van der Waals surface area (Å²) in [4.78, 5) is 15.0. The number of carbonyl (C=O) groups excluding carboxylic acids is 1. The molecule has 0 amide bonds. The first-order chi connectivity index (χ1) is 8.79. The standard InChI is InChI=1S/C15H17NO2/c1-2-4-11-9-16-12-5-3-6-13(14(11)12)18-15(17)10-7-8-10/h3,5-6,9-10,16H,2,4,7-8H2,1H3. The third-order valence-corrected chi connectivity index (χ3v) is 3.39. The fourth-order valence-electron chi connectivity index (χ4n) is 2.28. The van der Waals surface area contributed by atoms with Gasteiger partial charge in [0.25, 0.3) is 0 Å². The number of aromatic amines is 1. The molecule has 1 aromatic carbocycles. The molecule has 1 aliphatic rings. The smallest absolute Gasteiger partial charge is 0.314 e. The van der Waals surface area contributed by atoms with Gasteiger partial charge in [0.15, 0.2) is 0 Å². The maximum absolute atomic E-state index is 11.8. The zero-order valence-electron chi connectivity index (χ0n) is 10.5. The highest BCUT2D eigenvalue weighted by atomic mass is 16.5. The molecule has 0 unspecified atom stereocenters. The highest BCUT2D eigenvalue weighted by molar-refractivity contribution is 5.92. The molecule has 0 aliphatic heterocycles. The van der Waals surface area contributed by atoms with Gasteiger partial charge in [-0.25, -0.2) is 0 Å². The van der Waals surface area contributed by atoms with E-state index in [1.54, 1.807) is 0 Å². The third-order valence-electron chi connectivity index (χ3n) is 3.39. The molecular weight excluding hydrogens is 226 g/mol. The average molecular weight is 243 g/mol. The summed E-state index contributed by atoms with van der Waals surface area (Å²) in [5.74, 6) is 0.758. The lowest BCUT2D eigenvalue weighted by Gasteiger charge is -2.06. The Morgan fingerprint density at radius 1 is 1.44 bits per heavy atom. The summed E-state index contributed by atoms with van der Waals surface area (Å²) in [5.41, 5.74) is 2.27. The number of rotatable bonds is 4. The van der Waals surface area contributed by atoms with Crippen molar-refractivity contribution >= 4 is 16.9 Å². The Kier molecular flexibility index (Phi) is 2.82. The Labute approximate surface area is 106 Å². The molecule has 1 N–H and O–H groups in total. The van der Waals surface area contributed by atoms with Gasteiger partial charge in [0.1, 0.15) is 5.75 Å². The van der Waals surface area contributed by atoms with E-state index in [1.807, 2.05) is 24.4 Å². The van der Waals surface area contributed by atoms with Crippen molar-refractivity contribution in [3.8, 4) is 5.75 Å². The summed E-state index contributed by atoms with van der Waals surface area (Å²) in [6.45, 7) is 2.15. The number of aromatic nitrogens is 1. The number of benzene rings is 1. The van der Waals surface area contributed by atoms with E-state index in [1.165, 1.54) is 5.56 Å². The molecule has 1 fully saturated rings. The second kappa shape index (κ2) is 4.48. The quantitative estimate of drug-likeness (QED) is 0.660. The molecule has 0 bridgehead atoms. The van der Waals surface area contributed by atoms with Gasteiger partial charge in [-0.15, -0.1) is 0 Å². The highest BCUT2D eigenvalue weighted by Crippen LogP contribution is 2.34. The predicted molar refractivity (Wildman–Crippen MR) is 70.7 cm³/mol.